The minimum atomic E-state index is 0.607. The molecule has 0 aliphatic carbocycles. The molecule has 2 nitrogen and oxygen atoms in total. The third-order valence-corrected chi connectivity index (χ3v) is 2.97. The van der Waals surface area contributed by atoms with E-state index in [0.717, 1.165) is 28.6 Å². The summed E-state index contributed by atoms with van der Waals surface area (Å²) in [6.07, 6.45) is 0. The predicted octanol–water partition coefficient (Wildman–Crippen LogP) is 4.14. The number of hydrogen-bond donors (Lipinski definition) is 1. The molecule has 3 heteroatoms. The Bertz CT molecular complexity index is 466. The Balaban J connectivity index is 1.80. The van der Waals surface area contributed by atoms with Gasteiger partial charge in [-0.15, -0.1) is 0 Å². The summed E-state index contributed by atoms with van der Waals surface area (Å²) in [6, 6.07) is 15.7. The van der Waals surface area contributed by atoms with E-state index in [1.165, 1.54) is 0 Å². The van der Waals surface area contributed by atoms with E-state index in [1.807, 2.05) is 55.5 Å². The first-order valence-electron chi connectivity index (χ1n) is 5.94. The Hall–Kier alpha value is -1.67. The highest BCUT2D eigenvalue weighted by molar-refractivity contribution is 6.33. The van der Waals surface area contributed by atoms with Gasteiger partial charge in [0.05, 0.1) is 10.7 Å². The first kappa shape index (κ1) is 12.8. The van der Waals surface area contributed by atoms with Gasteiger partial charge in [-0.1, -0.05) is 41.9 Å². The van der Waals surface area contributed by atoms with Crippen LogP contribution in [0.1, 0.15) is 5.56 Å². The van der Waals surface area contributed by atoms with Crippen molar-refractivity contribution in [3.63, 3.8) is 0 Å². The van der Waals surface area contributed by atoms with Crippen LogP contribution < -0.4 is 10.1 Å². The molecule has 0 bridgehead atoms. The summed E-state index contributed by atoms with van der Waals surface area (Å²) in [7, 11) is 0. The molecule has 1 N–H and O–H groups in total. The van der Waals surface area contributed by atoms with E-state index in [4.69, 9.17) is 16.3 Å². The molecule has 0 amide bonds. The minimum Gasteiger partial charge on any atom is -0.491 e. The maximum Gasteiger partial charge on any atom is 0.122 e. The molecule has 2 aromatic rings. The molecular weight excluding hydrogens is 246 g/mol. The maximum absolute atomic E-state index is 6.04. The van der Waals surface area contributed by atoms with E-state index in [-0.39, 0.29) is 0 Å². The molecule has 0 radical (unpaired) electrons. The third kappa shape index (κ3) is 3.41. The SMILES string of the molecule is Cc1ccccc1OCCNc1ccccc1Cl. The number of nitrogens with one attached hydrogen (secondary N) is 1. The average Bonchev–Trinajstić information content (AvgIpc) is 2.38. The van der Waals surface area contributed by atoms with Crippen molar-refractivity contribution < 1.29 is 4.74 Å². The summed E-state index contributed by atoms with van der Waals surface area (Å²) in [5.41, 5.74) is 2.09. The summed E-state index contributed by atoms with van der Waals surface area (Å²) in [4.78, 5) is 0. The van der Waals surface area contributed by atoms with Gasteiger partial charge in [-0.25, -0.2) is 0 Å². The van der Waals surface area contributed by atoms with Gasteiger partial charge in [0, 0.05) is 6.54 Å². The molecule has 0 aliphatic rings. The monoisotopic (exact) mass is 261 g/mol. The van der Waals surface area contributed by atoms with Crippen LogP contribution in [0.5, 0.6) is 5.75 Å². The number of aryl methyl sites for hydroxylation is 1. The van der Waals surface area contributed by atoms with Gasteiger partial charge in [-0.3, -0.25) is 0 Å². The molecule has 0 aromatic heterocycles. The van der Waals surface area contributed by atoms with E-state index in [1.54, 1.807) is 0 Å². The lowest BCUT2D eigenvalue weighted by molar-refractivity contribution is 0.330. The topological polar surface area (TPSA) is 21.3 Å². The second kappa shape index (κ2) is 6.31. The lowest BCUT2D eigenvalue weighted by Crippen LogP contribution is -2.12. The molecule has 0 saturated carbocycles. The Morgan fingerprint density at radius 1 is 1.06 bits per heavy atom. The maximum atomic E-state index is 6.04. The van der Waals surface area contributed by atoms with Crippen molar-refractivity contribution >= 4 is 17.3 Å². The predicted molar refractivity (Wildman–Crippen MR) is 76.6 cm³/mol. The van der Waals surface area contributed by atoms with Crippen molar-refractivity contribution in [2.75, 3.05) is 18.5 Å². The highest BCUT2D eigenvalue weighted by atomic mass is 35.5. The van der Waals surface area contributed by atoms with Gasteiger partial charge in [-0.05, 0) is 30.7 Å². The fourth-order valence-corrected chi connectivity index (χ4v) is 1.87. The number of benzene rings is 2. The van der Waals surface area contributed by atoms with Crippen molar-refractivity contribution in [3.05, 3.63) is 59.1 Å². The second-order valence-electron chi connectivity index (χ2n) is 4.02. The van der Waals surface area contributed by atoms with Crippen molar-refractivity contribution in [2.24, 2.45) is 0 Å². The lowest BCUT2D eigenvalue weighted by Gasteiger charge is -2.11. The Morgan fingerprint density at radius 2 is 1.78 bits per heavy atom. The van der Waals surface area contributed by atoms with Crippen molar-refractivity contribution in [3.8, 4) is 5.75 Å². The average molecular weight is 262 g/mol. The van der Waals surface area contributed by atoms with Crippen LogP contribution in [0.2, 0.25) is 5.02 Å². The molecule has 94 valence electrons. The molecule has 2 aromatic carbocycles. The van der Waals surface area contributed by atoms with Crippen LogP contribution in [0.25, 0.3) is 0 Å². The van der Waals surface area contributed by atoms with Crippen LogP contribution in [0.3, 0.4) is 0 Å². The van der Waals surface area contributed by atoms with Crippen LogP contribution in [-0.2, 0) is 0 Å². The molecule has 0 spiro atoms. The quantitative estimate of drug-likeness (QED) is 0.817. The van der Waals surface area contributed by atoms with E-state index in [2.05, 4.69) is 5.32 Å². The summed E-state index contributed by atoms with van der Waals surface area (Å²) in [5, 5.41) is 3.98. The van der Waals surface area contributed by atoms with Gasteiger partial charge in [0.25, 0.3) is 0 Å². The molecule has 2 rings (SSSR count). The van der Waals surface area contributed by atoms with Crippen LogP contribution in [0.4, 0.5) is 5.69 Å². The van der Waals surface area contributed by atoms with Gasteiger partial charge < -0.3 is 10.1 Å². The normalized spacial score (nSPS) is 10.1. The van der Waals surface area contributed by atoms with Crippen LogP contribution in [-0.4, -0.2) is 13.2 Å². The highest BCUT2D eigenvalue weighted by Crippen LogP contribution is 2.20. The third-order valence-electron chi connectivity index (χ3n) is 2.64. The molecule has 0 fully saturated rings. The molecule has 0 aliphatic heterocycles. The zero-order chi connectivity index (χ0) is 12.8. The Kier molecular flexibility index (Phi) is 4.48. The summed E-state index contributed by atoms with van der Waals surface area (Å²) in [6.45, 7) is 3.37. The zero-order valence-corrected chi connectivity index (χ0v) is 11.1. The lowest BCUT2D eigenvalue weighted by atomic mass is 10.2. The van der Waals surface area contributed by atoms with Crippen molar-refractivity contribution in [1.29, 1.82) is 0 Å². The Morgan fingerprint density at radius 3 is 2.56 bits per heavy atom. The van der Waals surface area contributed by atoms with E-state index in [0.29, 0.717) is 6.61 Å². The number of ether oxygens (including phenoxy) is 1. The van der Waals surface area contributed by atoms with E-state index < -0.39 is 0 Å². The van der Waals surface area contributed by atoms with Crippen molar-refractivity contribution in [1.82, 2.24) is 0 Å². The summed E-state index contributed by atoms with van der Waals surface area (Å²) < 4.78 is 5.69. The first-order valence-corrected chi connectivity index (χ1v) is 6.32. The van der Waals surface area contributed by atoms with Gasteiger partial charge in [-0.2, -0.15) is 0 Å². The van der Waals surface area contributed by atoms with Crippen LogP contribution in [0.15, 0.2) is 48.5 Å². The molecule has 0 heterocycles. The minimum absolute atomic E-state index is 0.607. The number of para-hydroxylation sites is 2. The number of anilines is 1. The van der Waals surface area contributed by atoms with Crippen molar-refractivity contribution in [2.45, 2.75) is 6.92 Å². The smallest absolute Gasteiger partial charge is 0.122 e. The largest absolute Gasteiger partial charge is 0.491 e. The van der Waals surface area contributed by atoms with E-state index in [9.17, 15) is 0 Å². The van der Waals surface area contributed by atoms with E-state index >= 15 is 0 Å². The van der Waals surface area contributed by atoms with Gasteiger partial charge in [0.1, 0.15) is 12.4 Å². The molecule has 0 saturated heterocycles. The molecule has 18 heavy (non-hydrogen) atoms. The fraction of sp³-hybridized carbons (Fsp3) is 0.200. The number of rotatable bonds is 5. The van der Waals surface area contributed by atoms with Gasteiger partial charge >= 0.3 is 0 Å². The number of hydrogen-bond acceptors (Lipinski definition) is 2. The molecule has 0 unspecified atom stereocenters. The molecular formula is C15H16ClNO. The Labute approximate surface area is 113 Å². The number of halogens is 1. The van der Waals surface area contributed by atoms with Crippen LogP contribution in [0, 0.1) is 6.92 Å². The fourth-order valence-electron chi connectivity index (χ4n) is 1.67. The second-order valence-corrected chi connectivity index (χ2v) is 4.43. The zero-order valence-electron chi connectivity index (χ0n) is 10.3. The van der Waals surface area contributed by atoms with Crippen LogP contribution >= 0.6 is 11.6 Å². The van der Waals surface area contributed by atoms with Gasteiger partial charge in [0.15, 0.2) is 0 Å². The molecule has 0 atom stereocenters. The standard InChI is InChI=1S/C15H16ClNO/c1-12-6-2-5-9-15(12)18-11-10-17-14-8-4-3-7-13(14)16/h2-9,17H,10-11H2,1H3. The highest BCUT2D eigenvalue weighted by Gasteiger charge is 1.99. The summed E-state index contributed by atoms with van der Waals surface area (Å²) >= 11 is 6.04. The first-order chi connectivity index (χ1) is 8.77. The summed E-state index contributed by atoms with van der Waals surface area (Å²) in [5.74, 6) is 0.929. The van der Waals surface area contributed by atoms with Gasteiger partial charge in [0.2, 0.25) is 0 Å².